The van der Waals surface area contributed by atoms with Crippen molar-refractivity contribution in [3.8, 4) is 5.75 Å². The number of pyridine rings is 1. The van der Waals surface area contributed by atoms with Crippen LogP contribution in [0.5, 0.6) is 5.75 Å². The summed E-state index contributed by atoms with van der Waals surface area (Å²) in [5.41, 5.74) is 2.71. The second-order valence-electron chi connectivity index (χ2n) is 7.45. The van der Waals surface area contributed by atoms with E-state index < -0.39 is 10.0 Å². The summed E-state index contributed by atoms with van der Waals surface area (Å²) in [7, 11) is -3.60. The second-order valence-corrected chi connectivity index (χ2v) is 9.14. The molecule has 0 saturated carbocycles. The van der Waals surface area contributed by atoms with Gasteiger partial charge in [-0.15, -0.1) is 12.4 Å². The number of sulfonamides is 1. The number of rotatable bonds is 6. The second kappa shape index (κ2) is 10.0. The molecule has 1 aromatic heterocycles. The highest BCUT2D eigenvalue weighted by atomic mass is 35.5. The molecule has 31 heavy (non-hydrogen) atoms. The summed E-state index contributed by atoms with van der Waals surface area (Å²) in [4.78, 5) is 6.65. The minimum Gasteiger partial charge on any atom is -0.490 e. The van der Waals surface area contributed by atoms with Crippen molar-refractivity contribution in [2.75, 3.05) is 22.7 Å². The molecule has 2 heterocycles. The number of benzene rings is 2. The zero-order valence-electron chi connectivity index (χ0n) is 17.3. The normalized spacial score (nSPS) is 14.5. The molecule has 0 aliphatic carbocycles. The van der Waals surface area contributed by atoms with Crippen LogP contribution < -0.4 is 14.4 Å². The molecule has 8 heteroatoms. The Bertz CT molecular complexity index is 1070. The third-order valence-electron chi connectivity index (χ3n) is 5.21. The minimum atomic E-state index is -3.60. The zero-order chi connectivity index (χ0) is 21.0. The third-order valence-corrected chi connectivity index (χ3v) is 6.61. The van der Waals surface area contributed by atoms with Crippen molar-refractivity contribution in [2.45, 2.75) is 30.8 Å². The summed E-state index contributed by atoms with van der Waals surface area (Å²) in [5.74, 6) is 0.746. The lowest BCUT2D eigenvalue weighted by Crippen LogP contribution is -2.38. The molecule has 0 atom stereocenters. The first-order valence-corrected chi connectivity index (χ1v) is 11.5. The van der Waals surface area contributed by atoms with Gasteiger partial charge >= 0.3 is 0 Å². The Balaban J connectivity index is 0.00000272. The van der Waals surface area contributed by atoms with E-state index in [0.29, 0.717) is 5.69 Å². The van der Waals surface area contributed by atoms with Gasteiger partial charge in [-0.1, -0.05) is 17.7 Å². The van der Waals surface area contributed by atoms with Crippen molar-refractivity contribution < 1.29 is 13.2 Å². The molecular weight excluding hydrogens is 434 g/mol. The van der Waals surface area contributed by atoms with Crippen LogP contribution in [0.3, 0.4) is 0 Å². The summed E-state index contributed by atoms with van der Waals surface area (Å²) in [6.45, 7) is 3.79. The fourth-order valence-electron chi connectivity index (χ4n) is 3.51. The highest BCUT2D eigenvalue weighted by Gasteiger charge is 2.21. The van der Waals surface area contributed by atoms with Crippen molar-refractivity contribution in [2.24, 2.45) is 0 Å². The number of aromatic nitrogens is 1. The molecule has 1 saturated heterocycles. The maximum absolute atomic E-state index is 12.5. The summed E-state index contributed by atoms with van der Waals surface area (Å²) in [5, 5.41) is 0. The molecular formula is C23H26ClN3O3S. The first-order chi connectivity index (χ1) is 14.5. The van der Waals surface area contributed by atoms with Crippen molar-refractivity contribution in [1.29, 1.82) is 0 Å². The Kier molecular flexibility index (Phi) is 7.41. The van der Waals surface area contributed by atoms with Crippen LogP contribution >= 0.6 is 12.4 Å². The predicted molar refractivity (Wildman–Crippen MR) is 126 cm³/mol. The number of ether oxygens (including phenoxy) is 1. The number of nitrogens with zero attached hydrogens (tertiary/aromatic N) is 2. The molecule has 6 nitrogen and oxygen atoms in total. The average molecular weight is 460 g/mol. The van der Waals surface area contributed by atoms with Crippen LogP contribution in [0.2, 0.25) is 0 Å². The van der Waals surface area contributed by atoms with Gasteiger partial charge in [0.1, 0.15) is 11.9 Å². The first kappa shape index (κ1) is 22.9. The van der Waals surface area contributed by atoms with Crippen molar-refractivity contribution in [3.05, 3.63) is 78.6 Å². The molecule has 0 spiro atoms. The maximum atomic E-state index is 12.5. The molecule has 1 N–H and O–H groups in total. The largest absolute Gasteiger partial charge is 0.490 e. The van der Waals surface area contributed by atoms with Gasteiger partial charge in [-0.25, -0.2) is 8.42 Å². The van der Waals surface area contributed by atoms with E-state index in [1.807, 2.05) is 43.6 Å². The number of piperidine rings is 1. The van der Waals surface area contributed by atoms with Crippen LogP contribution in [0.1, 0.15) is 18.4 Å². The van der Waals surface area contributed by atoms with E-state index in [0.717, 1.165) is 37.2 Å². The van der Waals surface area contributed by atoms with Gasteiger partial charge in [-0.05, 0) is 55.5 Å². The van der Waals surface area contributed by atoms with Crippen LogP contribution in [0.4, 0.5) is 11.4 Å². The molecule has 0 bridgehead atoms. The Morgan fingerprint density at radius 1 is 0.935 bits per heavy atom. The van der Waals surface area contributed by atoms with Gasteiger partial charge in [0.25, 0.3) is 10.0 Å². The summed E-state index contributed by atoms with van der Waals surface area (Å²) < 4.78 is 33.7. The molecule has 1 fully saturated rings. The monoisotopic (exact) mass is 459 g/mol. The summed E-state index contributed by atoms with van der Waals surface area (Å²) >= 11 is 0. The molecule has 2 aromatic carbocycles. The fraction of sp³-hybridized carbons (Fsp3) is 0.261. The SMILES string of the molecule is Cc1ccc(S(=O)(=O)Nc2ccc(OC3CCN(c4ccncc4)CC3)cc2)cc1.Cl. The molecule has 164 valence electrons. The minimum absolute atomic E-state index is 0. The highest BCUT2D eigenvalue weighted by Crippen LogP contribution is 2.24. The van der Waals surface area contributed by atoms with Crippen LogP contribution in [-0.4, -0.2) is 32.6 Å². The molecule has 1 aliphatic rings. The molecule has 0 radical (unpaired) electrons. The number of halogens is 1. The Hall–Kier alpha value is -2.77. The number of nitrogens with one attached hydrogen (secondary N) is 1. The molecule has 0 amide bonds. The number of hydrogen-bond donors (Lipinski definition) is 1. The van der Waals surface area contributed by atoms with E-state index >= 15 is 0 Å². The van der Waals surface area contributed by atoms with Gasteiger partial charge in [0, 0.05) is 49.7 Å². The number of hydrogen-bond acceptors (Lipinski definition) is 5. The van der Waals surface area contributed by atoms with Gasteiger partial charge in [-0.3, -0.25) is 9.71 Å². The Morgan fingerprint density at radius 3 is 2.16 bits per heavy atom. The van der Waals surface area contributed by atoms with E-state index in [1.165, 1.54) is 5.69 Å². The van der Waals surface area contributed by atoms with Gasteiger partial charge in [-0.2, -0.15) is 0 Å². The Labute approximate surface area is 189 Å². The number of anilines is 2. The van der Waals surface area contributed by atoms with Crippen LogP contribution in [0, 0.1) is 6.92 Å². The van der Waals surface area contributed by atoms with Crippen LogP contribution in [0.25, 0.3) is 0 Å². The smallest absolute Gasteiger partial charge is 0.261 e. The third kappa shape index (κ3) is 5.89. The quantitative estimate of drug-likeness (QED) is 0.580. The molecule has 4 rings (SSSR count). The van der Waals surface area contributed by atoms with E-state index in [9.17, 15) is 8.42 Å². The first-order valence-electron chi connectivity index (χ1n) is 10.0. The van der Waals surface area contributed by atoms with E-state index in [2.05, 4.69) is 14.6 Å². The van der Waals surface area contributed by atoms with Crippen molar-refractivity contribution in [3.63, 3.8) is 0 Å². The molecule has 0 unspecified atom stereocenters. The van der Waals surface area contributed by atoms with Gasteiger partial charge < -0.3 is 9.64 Å². The van der Waals surface area contributed by atoms with E-state index in [1.54, 1.807) is 36.4 Å². The lowest BCUT2D eigenvalue weighted by atomic mass is 10.1. The number of aryl methyl sites for hydroxylation is 1. The standard InChI is InChI=1S/C23H25N3O3S.ClH/c1-18-2-8-23(9-3-18)30(27,28)25-19-4-6-21(7-5-19)29-22-12-16-26(17-13-22)20-10-14-24-15-11-20;/h2-11,14-15,22,25H,12-13,16-17H2,1H3;1H. The predicted octanol–water partition coefficient (Wildman–Crippen LogP) is 4.66. The van der Waals surface area contributed by atoms with Gasteiger partial charge in [0.05, 0.1) is 4.90 Å². The van der Waals surface area contributed by atoms with Gasteiger partial charge in [0.15, 0.2) is 0 Å². The van der Waals surface area contributed by atoms with E-state index in [4.69, 9.17) is 4.74 Å². The van der Waals surface area contributed by atoms with Gasteiger partial charge in [0.2, 0.25) is 0 Å². The van der Waals surface area contributed by atoms with Crippen LogP contribution in [0.15, 0.2) is 78.0 Å². The topological polar surface area (TPSA) is 71.5 Å². The fourth-order valence-corrected chi connectivity index (χ4v) is 4.57. The average Bonchev–Trinajstić information content (AvgIpc) is 2.76. The molecule has 1 aliphatic heterocycles. The lowest BCUT2D eigenvalue weighted by Gasteiger charge is -2.33. The zero-order valence-corrected chi connectivity index (χ0v) is 18.9. The summed E-state index contributed by atoms with van der Waals surface area (Å²) in [6.07, 6.45) is 5.64. The van der Waals surface area contributed by atoms with Crippen molar-refractivity contribution >= 4 is 33.8 Å². The maximum Gasteiger partial charge on any atom is 0.261 e. The van der Waals surface area contributed by atoms with E-state index in [-0.39, 0.29) is 23.4 Å². The Morgan fingerprint density at radius 2 is 1.55 bits per heavy atom. The lowest BCUT2D eigenvalue weighted by molar-refractivity contribution is 0.171. The van der Waals surface area contributed by atoms with Crippen molar-refractivity contribution in [1.82, 2.24) is 4.98 Å². The summed E-state index contributed by atoms with van der Waals surface area (Å²) in [6, 6.07) is 17.9. The van der Waals surface area contributed by atoms with Crippen LogP contribution in [-0.2, 0) is 10.0 Å². The highest BCUT2D eigenvalue weighted by molar-refractivity contribution is 7.92. The molecule has 3 aromatic rings.